The first-order valence-electron chi connectivity index (χ1n) is 7.65. The van der Waals surface area contributed by atoms with Crippen LogP contribution in [0.25, 0.3) is 0 Å². The first kappa shape index (κ1) is 15.1. The summed E-state index contributed by atoms with van der Waals surface area (Å²) >= 11 is 0. The van der Waals surface area contributed by atoms with Gasteiger partial charge in [0.25, 0.3) is 0 Å². The van der Waals surface area contributed by atoms with E-state index in [1.54, 1.807) is 0 Å². The molecule has 3 atom stereocenters. The van der Waals surface area contributed by atoms with Crippen molar-refractivity contribution in [2.45, 2.75) is 57.5 Å². The van der Waals surface area contributed by atoms with Crippen molar-refractivity contribution < 1.29 is 14.3 Å². The summed E-state index contributed by atoms with van der Waals surface area (Å²) in [7, 11) is 0. The number of fused-ring (bicyclic) bond motifs is 2. The predicted octanol–water partition coefficient (Wildman–Crippen LogP) is 2.58. The average Bonchev–Trinajstić information content (AvgIpc) is 2.37. The summed E-state index contributed by atoms with van der Waals surface area (Å²) in [4.78, 5) is 23.0. The van der Waals surface area contributed by atoms with E-state index in [4.69, 9.17) is 4.74 Å². The van der Waals surface area contributed by atoms with Crippen LogP contribution in [0, 0.1) is 11.8 Å². The highest BCUT2D eigenvalue weighted by molar-refractivity contribution is 5.87. The highest BCUT2D eigenvalue weighted by Gasteiger charge is 2.44. The van der Waals surface area contributed by atoms with Crippen molar-refractivity contribution in [2.24, 2.45) is 11.8 Å². The molecule has 4 heteroatoms. The molecule has 0 aromatic carbocycles. The normalized spacial score (nSPS) is 32.2. The molecule has 2 saturated carbocycles. The molecule has 0 radical (unpaired) electrons. The van der Waals surface area contributed by atoms with Gasteiger partial charge in [-0.3, -0.25) is 9.59 Å². The van der Waals surface area contributed by atoms with Crippen LogP contribution in [0.1, 0.15) is 51.9 Å². The minimum atomic E-state index is -0.250. The van der Waals surface area contributed by atoms with Crippen LogP contribution in [0.4, 0.5) is 0 Å². The molecule has 4 nitrogen and oxygen atoms in total. The van der Waals surface area contributed by atoms with Gasteiger partial charge in [0.1, 0.15) is 5.60 Å². The van der Waals surface area contributed by atoms with Crippen LogP contribution < -0.4 is 5.32 Å². The lowest BCUT2D eigenvalue weighted by Crippen LogP contribution is -2.45. The fraction of sp³-hybridized carbons (Fsp3) is 0.750. The lowest BCUT2D eigenvalue weighted by molar-refractivity contribution is -0.172. The molecule has 2 aliphatic rings. The van der Waals surface area contributed by atoms with Crippen LogP contribution in [0.3, 0.4) is 0 Å². The summed E-state index contributed by atoms with van der Waals surface area (Å²) in [6.45, 7) is 5.94. The number of carbonyl (C=O) groups excluding carboxylic acids is 2. The minimum Gasteiger partial charge on any atom is -0.459 e. The maximum atomic E-state index is 12.0. The third-order valence-corrected chi connectivity index (χ3v) is 4.51. The van der Waals surface area contributed by atoms with Crippen molar-refractivity contribution >= 4 is 11.9 Å². The molecule has 1 N–H and O–H groups in total. The Morgan fingerprint density at radius 1 is 1.45 bits per heavy atom. The van der Waals surface area contributed by atoms with Gasteiger partial charge in [0.05, 0.1) is 6.42 Å². The molecule has 0 aromatic heterocycles. The van der Waals surface area contributed by atoms with Crippen molar-refractivity contribution in [2.75, 3.05) is 6.54 Å². The summed E-state index contributed by atoms with van der Waals surface area (Å²) in [6, 6.07) is 0. The monoisotopic (exact) mass is 279 g/mol. The highest BCUT2D eigenvalue weighted by atomic mass is 16.6. The lowest BCUT2D eigenvalue weighted by Gasteiger charge is -2.46. The zero-order chi connectivity index (χ0) is 14.6. The fourth-order valence-corrected chi connectivity index (χ4v) is 3.90. The average molecular weight is 279 g/mol. The Balaban J connectivity index is 1.83. The molecule has 0 heterocycles. The number of ether oxygens (including phenoxy) is 1. The summed E-state index contributed by atoms with van der Waals surface area (Å²) in [6.07, 6.45) is 8.18. The van der Waals surface area contributed by atoms with Gasteiger partial charge in [-0.2, -0.15) is 0 Å². The maximum absolute atomic E-state index is 12.0. The second kappa shape index (κ2) is 6.42. The van der Waals surface area contributed by atoms with Crippen LogP contribution in [0.5, 0.6) is 0 Å². The Hall–Kier alpha value is -1.32. The zero-order valence-corrected chi connectivity index (χ0v) is 12.3. The van der Waals surface area contributed by atoms with Crippen LogP contribution in [0.15, 0.2) is 12.7 Å². The van der Waals surface area contributed by atoms with Crippen molar-refractivity contribution in [1.82, 2.24) is 5.32 Å². The van der Waals surface area contributed by atoms with Gasteiger partial charge in [0.2, 0.25) is 5.91 Å². The molecule has 2 bridgehead atoms. The van der Waals surface area contributed by atoms with E-state index in [2.05, 4.69) is 18.8 Å². The smallest absolute Gasteiger partial charge is 0.308 e. The van der Waals surface area contributed by atoms with E-state index < -0.39 is 0 Å². The van der Waals surface area contributed by atoms with E-state index in [1.807, 2.05) is 0 Å². The molecule has 2 fully saturated rings. The molecule has 1 amide bonds. The first-order valence-corrected chi connectivity index (χ1v) is 7.65. The lowest BCUT2D eigenvalue weighted by atomic mass is 9.65. The summed E-state index contributed by atoms with van der Waals surface area (Å²) in [5, 5.41) is 2.60. The van der Waals surface area contributed by atoms with E-state index in [1.165, 1.54) is 18.9 Å². The Morgan fingerprint density at radius 3 is 3.00 bits per heavy atom. The minimum absolute atomic E-state index is 0.191. The Bertz CT molecular complexity index is 389. The third kappa shape index (κ3) is 3.84. The summed E-state index contributed by atoms with van der Waals surface area (Å²) < 4.78 is 5.82. The van der Waals surface area contributed by atoms with Gasteiger partial charge in [-0.25, -0.2) is 0 Å². The second-order valence-corrected chi connectivity index (χ2v) is 6.41. The highest BCUT2D eigenvalue weighted by Crippen LogP contribution is 2.47. The largest absolute Gasteiger partial charge is 0.459 e. The number of carbonyl (C=O) groups is 2. The van der Waals surface area contributed by atoms with Crippen LogP contribution >= 0.6 is 0 Å². The fourth-order valence-electron chi connectivity index (χ4n) is 3.90. The Labute approximate surface area is 120 Å². The standard InChI is InChI=1S/C16H25NO3/c1-3-14(18)17-8-6-15(19)20-16-7-4-5-13(11-16)9-12(2)10-16/h3,12-13H,1,4-11H2,2H3,(H,17,18). The summed E-state index contributed by atoms with van der Waals surface area (Å²) in [5.74, 6) is 0.923. The van der Waals surface area contributed by atoms with Gasteiger partial charge in [-0.1, -0.05) is 19.9 Å². The van der Waals surface area contributed by atoms with E-state index in [0.29, 0.717) is 12.5 Å². The number of hydrogen-bond donors (Lipinski definition) is 1. The number of esters is 1. The van der Waals surface area contributed by atoms with Crippen molar-refractivity contribution in [3.63, 3.8) is 0 Å². The molecule has 3 unspecified atom stereocenters. The number of hydrogen-bond acceptors (Lipinski definition) is 3. The van der Waals surface area contributed by atoms with Gasteiger partial charge in [0.15, 0.2) is 0 Å². The van der Waals surface area contributed by atoms with Crippen LogP contribution in [-0.2, 0) is 14.3 Å². The van der Waals surface area contributed by atoms with E-state index in [-0.39, 0.29) is 23.9 Å². The molecule has 0 aliphatic heterocycles. The molecule has 112 valence electrons. The van der Waals surface area contributed by atoms with Gasteiger partial charge in [-0.15, -0.1) is 0 Å². The number of rotatable bonds is 5. The number of amides is 1. The van der Waals surface area contributed by atoms with Crippen molar-refractivity contribution in [3.05, 3.63) is 12.7 Å². The zero-order valence-electron chi connectivity index (χ0n) is 12.3. The van der Waals surface area contributed by atoms with Crippen molar-refractivity contribution in [3.8, 4) is 0 Å². The SMILES string of the molecule is C=CC(=O)NCCC(=O)OC12CCCC(CC(C)C1)C2. The molecular weight excluding hydrogens is 254 g/mol. The van der Waals surface area contributed by atoms with Gasteiger partial charge in [0, 0.05) is 6.54 Å². The van der Waals surface area contributed by atoms with Crippen LogP contribution in [-0.4, -0.2) is 24.0 Å². The third-order valence-electron chi connectivity index (χ3n) is 4.51. The van der Waals surface area contributed by atoms with E-state index in [9.17, 15) is 9.59 Å². The number of nitrogens with one attached hydrogen (secondary N) is 1. The topological polar surface area (TPSA) is 55.4 Å². The molecule has 2 aliphatic carbocycles. The van der Waals surface area contributed by atoms with Gasteiger partial charge < -0.3 is 10.1 Å². The summed E-state index contributed by atoms with van der Waals surface area (Å²) in [5.41, 5.74) is -0.222. The molecule has 0 saturated heterocycles. The molecule has 2 rings (SSSR count). The second-order valence-electron chi connectivity index (χ2n) is 6.41. The first-order chi connectivity index (χ1) is 9.53. The van der Waals surface area contributed by atoms with Gasteiger partial charge in [-0.05, 0) is 50.0 Å². The van der Waals surface area contributed by atoms with Crippen LogP contribution in [0.2, 0.25) is 0 Å². The Morgan fingerprint density at radius 2 is 2.25 bits per heavy atom. The quantitative estimate of drug-likeness (QED) is 0.621. The maximum Gasteiger partial charge on any atom is 0.308 e. The molecule has 0 aromatic rings. The molecule has 0 spiro atoms. The Kier molecular flexibility index (Phi) is 4.84. The van der Waals surface area contributed by atoms with E-state index >= 15 is 0 Å². The molecular formula is C16H25NO3. The predicted molar refractivity (Wildman–Crippen MR) is 77.0 cm³/mol. The van der Waals surface area contributed by atoms with E-state index in [0.717, 1.165) is 31.6 Å². The molecule has 20 heavy (non-hydrogen) atoms. The van der Waals surface area contributed by atoms with Crippen molar-refractivity contribution in [1.29, 1.82) is 0 Å². The van der Waals surface area contributed by atoms with Gasteiger partial charge >= 0.3 is 5.97 Å².